The number of aryl methyl sites for hydroxylation is 1. The van der Waals surface area contributed by atoms with Gasteiger partial charge in [0.25, 0.3) is 0 Å². The molecule has 1 amide bonds. The lowest BCUT2D eigenvalue weighted by atomic mass is 10.1. The van der Waals surface area contributed by atoms with Crippen molar-refractivity contribution in [3.05, 3.63) is 63.6 Å². The highest BCUT2D eigenvalue weighted by Crippen LogP contribution is 2.30. The predicted octanol–water partition coefficient (Wildman–Crippen LogP) is 4.20. The quantitative estimate of drug-likeness (QED) is 0.718. The predicted molar refractivity (Wildman–Crippen MR) is 111 cm³/mol. The molecule has 0 aromatic heterocycles. The summed E-state index contributed by atoms with van der Waals surface area (Å²) in [4.78, 5) is 12.5. The van der Waals surface area contributed by atoms with Crippen LogP contribution in [0.4, 0.5) is 5.69 Å². The third kappa shape index (κ3) is 5.86. The number of anilines is 1. The number of carbonyl (C=O) groups excluding carboxylic acids is 1. The van der Waals surface area contributed by atoms with Crippen molar-refractivity contribution in [3.8, 4) is 0 Å². The van der Waals surface area contributed by atoms with E-state index in [1.165, 1.54) is 23.8 Å². The number of amides is 1. The molecular weight excluding hydrogens is 407 g/mol. The van der Waals surface area contributed by atoms with Crippen LogP contribution in [0.1, 0.15) is 31.0 Å². The Labute approximate surface area is 170 Å². The smallest absolute Gasteiger partial charge is 0.241 e. The highest BCUT2D eigenvalue weighted by atomic mass is 35.5. The van der Waals surface area contributed by atoms with Gasteiger partial charge in [-0.25, -0.2) is 8.42 Å². The Morgan fingerprint density at radius 1 is 1.15 bits per heavy atom. The van der Waals surface area contributed by atoms with E-state index >= 15 is 0 Å². The van der Waals surface area contributed by atoms with Crippen molar-refractivity contribution >= 4 is 44.8 Å². The maximum atomic E-state index is 12.5. The average Bonchev–Trinajstić information content (AvgIpc) is 2.59. The molecule has 146 valence electrons. The second-order valence-electron chi connectivity index (χ2n) is 6.25. The Morgan fingerprint density at radius 3 is 2.30 bits per heavy atom. The van der Waals surface area contributed by atoms with Gasteiger partial charge in [0.15, 0.2) is 0 Å². The van der Waals surface area contributed by atoms with E-state index in [1.54, 1.807) is 0 Å². The molecule has 2 rings (SSSR count). The van der Waals surface area contributed by atoms with Crippen LogP contribution in [0.5, 0.6) is 0 Å². The summed E-state index contributed by atoms with van der Waals surface area (Å²) >= 11 is 12.0. The molecule has 0 saturated heterocycles. The summed E-state index contributed by atoms with van der Waals surface area (Å²) in [5, 5.41) is 3.36. The molecule has 0 bridgehead atoms. The fraction of sp³-hybridized carbons (Fsp3) is 0.316. The number of rotatable bonds is 7. The van der Waals surface area contributed by atoms with Gasteiger partial charge in [0, 0.05) is 5.02 Å². The fourth-order valence-electron chi connectivity index (χ4n) is 2.61. The van der Waals surface area contributed by atoms with Gasteiger partial charge in [-0.1, -0.05) is 54.4 Å². The minimum absolute atomic E-state index is 0.156. The van der Waals surface area contributed by atoms with Crippen molar-refractivity contribution in [1.29, 1.82) is 0 Å². The van der Waals surface area contributed by atoms with Crippen LogP contribution in [0.3, 0.4) is 0 Å². The molecular formula is C19H22Cl2N2O3S. The van der Waals surface area contributed by atoms with Crippen molar-refractivity contribution in [1.82, 2.24) is 5.32 Å². The minimum atomic E-state index is -3.71. The van der Waals surface area contributed by atoms with Gasteiger partial charge in [-0.2, -0.15) is 0 Å². The van der Waals surface area contributed by atoms with E-state index in [2.05, 4.69) is 12.2 Å². The second-order valence-corrected chi connectivity index (χ2v) is 9.00. The molecule has 0 heterocycles. The second kappa shape index (κ2) is 8.95. The van der Waals surface area contributed by atoms with Crippen LogP contribution >= 0.6 is 23.2 Å². The molecule has 0 aliphatic heterocycles. The first kappa shape index (κ1) is 21.5. The van der Waals surface area contributed by atoms with Gasteiger partial charge in [0.2, 0.25) is 15.9 Å². The normalized spacial score (nSPS) is 12.5. The first-order valence-corrected chi connectivity index (χ1v) is 11.0. The lowest BCUT2D eigenvalue weighted by Crippen LogP contribution is -2.41. The number of halogens is 2. The van der Waals surface area contributed by atoms with Crippen LogP contribution in [0.2, 0.25) is 10.0 Å². The van der Waals surface area contributed by atoms with Gasteiger partial charge in [-0.3, -0.25) is 9.10 Å². The Kier molecular flexibility index (Phi) is 7.14. The lowest BCUT2D eigenvalue weighted by Gasteiger charge is -2.24. The molecule has 0 spiro atoms. The molecule has 1 atom stereocenters. The van der Waals surface area contributed by atoms with Crippen molar-refractivity contribution in [2.75, 3.05) is 17.1 Å². The molecule has 2 aromatic carbocycles. The Balaban J connectivity index is 2.16. The maximum Gasteiger partial charge on any atom is 0.241 e. The Hall–Kier alpha value is -1.76. The molecule has 0 aliphatic carbocycles. The van der Waals surface area contributed by atoms with E-state index in [0.717, 1.165) is 22.5 Å². The van der Waals surface area contributed by atoms with Crippen molar-refractivity contribution in [3.63, 3.8) is 0 Å². The number of benzene rings is 2. The molecule has 8 heteroatoms. The minimum Gasteiger partial charge on any atom is -0.348 e. The average molecular weight is 429 g/mol. The molecule has 2 aromatic rings. The summed E-state index contributed by atoms with van der Waals surface area (Å²) in [6.45, 7) is 3.54. The first-order valence-electron chi connectivity index (χ1n) is 8.42. The molecule has 0 radical (unpaired) electrons. The molecule has 1 N–H and O–H groups in total. The summed E-state index contributed by atoms with van der Waals surface area (Å²) in [5.41, 5.74) is 2.35. The van der Waals surface area contributed by atoms with Gasteiger partial charge in [-0.15, -0.1) is 0 Å². The third-order valence-corrected chi connectivity index (χ3v) is 5.80. The van der Waals surface area contributed by atoms with Crippen LogP contribution in [0.15, 0.2) is 42.5 Å². The monoisotopic (exact) mass is 428 g/mol. The van der Waals surface area contributed by atoms with E-state index in [1.807, 2.05) is 31.2 Å². The zero-order valence-corrected chi connectivity index (χ0v) is 17.7. The van der Waals surface area contributed by atoms with Crippen LogP contribution in [-0.2, 0) is 21.2 Å². The lowest BCUT2D eigenvalue weighted by molar-refractivity contribution is -0.120. The summed E-state index contributed by atoms with van der Waals surface area (Å²) in [6.07, 6.45) is 1.96. The number of hydrogen-bond donors (Lipinski definition) is 1. The number of nitrogens with zero attached hydrogens (tertiary/aromatic N) is 1. The first-order chi connectivity index (χ1) is 12.6. The topological polar surface area (TPSA) is 66.5 Å². The fourth-order valence-corrected chi connectivity index (χ4v) is 4.04. The molecule has 0 fully saturated rings. The molecule has 0 saturated carbocycles. The molecule has 0 aliphatic rings. The number of nitrogens with one attached hydrogen (secondary N) is 1. The SMILES string of the molecule is CCc1ccc(C(C)NC(=O)CN(c2ccc(Cl)cc2Cl)S(C)(=O)=O)cc1. The van der Waals surface area contributed by atoms with Crippen LogP contribution in [-0.4, -0.2) is 27.1 Å². The van der Waals surface area contributed by atoms with Gasteiger partial charge in [-0.05, 0) is 42.7 Å². The maximum absolute atomic E-state index is 12.5. The summed E-state index contributed by atoms with van der Waals surface area (Å²) in [7, 11) is -3.71. The van der Waals surface area contributed by atoms with Crippen molar-refractivity contribution in [2.24, 2.45) is 0 Å². The Bertz CT molecular complexity index is 915. The van der Waals surface area contributed by atoms with Gasteiger partial charge in [0.1, 0.15) is 6.54 Å². The van der Waals surface area contributed by atoms with E-state index in [4.69, 9.17) is 23.2 Å². The zero-order valence-electron chi connectivity index (χ0n) is 15.4. The van der Waals surface area contributed by atoms with E-state index in [0.29, 0.717) is 5.02 Å². The zero-order chi connectivity index (χ0) is 20.2. The van der Waals surface area contributed by atoms with Gasteiger partial charge < -0.3 is 5.32 Å². The van der Waals surface area contributed by atoms with Crippen LogP contribution in [0.25, 0.3) is 0 Å². The van der Waals surface area contributed by atoms with Gasteiger partial charge in [0.05, 0.1) is 23.0 Å². The van der Waals surface area contributed by atoms with Crippen molar-refractivity contribution in [2.45, 2.75) is 26.3 Å². The highest BCUT2D eigenvalue weighted by molar-refractivity contribution is 7.92. The number of carbonyl (C=O) groups is 1. The molecule has 1 unspecified atom stereocenters. The summed E-state index contributed by atoms with van der Waals surface area (Å²) < 4.78 is 25.3. The van der Waals surface area contributed by atoms with E-state index < -0.39 is 15.9 Å². The third-order valence-electron chi connectivity index (χ3n) is 4.13. The number of hydrogen-bond acceptors (Lipinski definition) is 3. The van der Waals surface area contributed by atoms with E-state index in [9.17, 15) is 13.2 Å². The van der Waals surface area contributed by atoms with E-state index in [-0.39, 0.29) is 23.3 Å². The Morgan fingerprint density at radius 2 is 1.78 bits per heavy atom. The summed E-state index contributed by atoms with van der Waals surface area (Å²) in [6, 6.07) is 12.1. The number of sulfonamides is 1. The largest absolute Gasteiger partial charge is 0.348 e. The summed E-state index contributed by atoms with van der Waals surface area (Å²) in [5.74, 6) is -0.432. The highest BCUT2D eigenvalue weighted by Gasteiger charge is 2.24. The van der Waals surface area contributed by atoms with Crippen LogP contribution in [0, 0.1) is 0 Å². The standard InChI is InChI=1S/C19H22Cl2N2O3S/c1-4-14-5-7-15(8-6-14)13(2)22-19(24)12-23(27(3,25)26)18-10-9-16(20)11-17(18)21/h5-11,13H,4,12H2,1-3H3,(H,22,24). The van der Waals surface area contributed by atoms with Crippen molar-refractivity contribution < 1.29 is 13.2 Å². The van der Waals surface area contributed by atoms with Crippen LogP contribution < -0.4 is 9.62 Å². The van der Waals surface area contributed by atoms with Gasteiger partial charge >= 0.3 is 0 Å². The molecule has 5 nitrogen and oxygen atoms in total. The molecule has 27 heavy (non-hydrogen) atoms.